The molecule has 0 saturated carbocycles. The zero-order chi connectivity index (χ0) is 23.4. The summed E-state index contributed by atoms with van der Waals surface area (Å²) >= 11 is 0. The number of morpholine rings is 1. The Morgan fingerprint density at radius 3 is 2.79 bits per heavy atom. The summed E-state index contributed by atoms with van der Waals surface area (Å²) in [6.45, 7) is 6.52. The third kappa shape index (κ3) is 5.79. The zero-order valence-electron chi connectivity index (χ0n) is 19.5. The maximum absolute atomic E-state index is 12.1. The lowest BCUT2D eigenvalue weighted by atomic mass is 10.2. The summed E-state index contributed by atoms with van der Waals surface area (Å²) in [6.07, 6.45) is 3.14. The number of aliphatic imine (C=N–C) groups is 1. The van der Waals surface area contributed by atoms with E-state index < -0.39 is 15.3 Å². The van der Waals surface area contributed by atoms with Crippen molar-refractivity contribution in [1.82, 2.24) is 19.6 Å². The number of hydrogen-bond donors (Lipinski definition) is 1. The highest BCUT2D eigenvalue weighted by Gasteiger charge is 2.38. The average molecular weight is 473 g/mol. The van der Waals surface area contributed by atoms with E-state index in [1.54, 1.807) is 11.9 Å². The molecule has 0 amide bonds. The van der Waals surface area contributed by atoms with Gasteiger partial charge in [0.15, 0.2) is 15.7 Å². The van der Waals surface area contributed by atoms with Crippen molar-refractivity contribution in [3.8, 4) is 11.8 Å². The van der Waals surface area contributed by atoms with Crippen LogP contribution < -0.4 is 5.32 Å². The molecule has 3 aliphatic rings. The van der Waals surface area contributed by atoms with Crippen molar-refractivity contribution >= 4 is 21.4 Å². The van der Waals surface area contributed by atoms with E-state index >= 15 is 0 Å². The standard InChI is InChI=1S/C23H32N6O3S/c1-26-17-21-22(25-23(27(21)2)33(3,30)31)29(18-26)10-5-7-19-6-4-8-20(16-19)24-9-11-28-12-14-32-15-13-28/h4,6,8,16-17,23-24H,9-15,18H2,1-3H3. The SMILES string of the molecule is CN1C=C2C(=NC(S(C)(=O)=O)N2C)N(CC#Cc2cccc(NCCN3CCOCC3)c2)C1. The molecule has 33 heavy (non-hydrogen) atoms. The van der Waals surface area contributed by atoms with Gasteiger partial charge in [0.1, 0.15) is 0 Å². The minimum atomic E-state index is -3.33. The molecule has 1 aromatic rings. The number of ether oxygens (including phenoxy) is 1. The lowest BCUT2D eigenvalue weighted by Gasteiger charge is -2.34. The van der Waals surface area contributed by atoms with E-state index in [1.165, 1.54) is 6.26 Å². The lowest BCUT2D eigenvalue weighted by molar-refractivity contribution is 0.0398. The second-order valence-corrected chi connectivity index (χ2v) is 10.7. The third-order valence-corrected chi connectivity index (χ3v) is 7.01. The lowest BCUT2D eigenvalue weighted by Crippen LogP contribution is -2.44. The Morgan fingerprint density at radius 2 is 2.03 bits per heavy atom. The van der Waals surface area contributed by atoms with Gasteiger partial charge in [-0.15, -0.1) is 0 Å². The number of anilines is 1. The first-order valence-corrected chi connectivity index (χ1v) is 13.1. The van der Waals surface area contributed by atoms with Crippen LogP contribution in [0.5, 0.6) is 0 Å². The van der Waals surface area contributed by atoms with Crippen molar-refractivity contribution in [2.75, 3.05) is 78.3 Å². The van der Waals surface area contributed by atoms with Crippen molar-refractivity contribution in [1.29, 1.82) is 0 Å². The van der Waals surface area contributed by atoms with Crippen molar-refractivity contribution in [2.45, 2.75) is 5.50 Å². The van der Waals surface area contributed by atoms with Crippen LogP contribution in [0, 0.1) is 11.8 Å². The molecule has 1 saturated heterocycles. The van der Waals surface area contributed by atoms with Crippen molar-refractivity contribution < 1.29 is 13.2 Å². The van der Waals surface area contributed by atoms with Gasteiger partial charge in [0.2, 0.25) is 5.50 Å². The van der Waals surface area contributed by atoms with Crippen molar-refractivity contribution in [2.24, 2.45) is 4.99 Å². The van der Waals surface area contributed by atoms with Gasteiger partial charge in [0, 0.05) is 64.0 Å². The number of fused-ring (bicyclic) bond motifs is 1. The molecule has 0 radical (unpaired) electrons. The second kappa shape index (κ2) is 10.0. The average Bonchev–Trinajstić information content (AvgIpc) is 3.12. The van der Waals surface area contributed by atoms with Gasteiger partial charge >= 0.3 is 0 Å². The molecule has 3 aliphatic heterocycles. The van der Waals surface area contributed by atoms with E-state index in [-0.39, 0.29) is 0 Å². The van der Waals surface area contributed by atoms with Crippen molar-refractivity contribution in [3.63, 3.8) is 0 Å². The Bertz CT molecular complexity index is 1080. The number of likely N-dealkylation sites (N-methyl/N-ethyl adjacent to an activating group) is 1. The molecular formula is C23H32N6O3S. The summed E-state index contributed by atoms with van der Waals surface area (Å²) in [4.78, 5) is 12.6. The van der Waals surface area contributed by atoms with Gasteiger partial charge in [0.25, 0.3) is 0 Å². The van der Waals surface area contributed by atoms with Crippen LogP contribution in [0.3, 0.4) is 0 Å². The highest BCUT2D eigenvalue weighted by Crippen LogP contribution is 2.27. The second-order valence-electron chi connectivity index (χ2n) is 8.59. The van der Waals surface area contributed by atoms with Gasteiger partial charge in [-0.3, -0.25) is 4.90 Å². The fraction of sp³-hybridized carbons (Fsp3) is 0.522. The number of benzene rings is 1. The normalized spacial score (nSPS) is 21.2. The summed E-state index contributed by atoms with van der Waals surface area (Å²) in [5.41, 5.74) is 1.90. The molecule has 0 spiro atoms. The predicted molar refractivity (Wildman–Crippen MR) is 130 cm³/mol. The van der Waals surface area contributed by atoms with Crippen LogP contribution in [0.4, 0.5) is 5.69 Å². The first-order valence-electron chi connectivity index (χ1n) is 11.1. The number of amidine groups is 1. The van der Waals surface area contributed by atoms with E-state index in [2.05, 4.69) is 39.2 Å². The number of nitrogens with one attached hydrogen (secondary N) is 1. The summed E-state index contributed by atoms with van der Waals surface area (Å²) in [5, 5.41) is 3.48. The van der Waals surface area contributed by atoms with Gasteiger partial charge in [-0.25, -0.2) is 13.4 Å². The van der Waals surface area contributed by atoms with E-state index in [1.807, 2.05) is 35.2 Å². The molecule has 1 unspecified atom stereocenters. The summed E-state index contributed by atoms with van der Waals surface area (Å²) in [5.74, 6) is 7.15. The first-order chi connectivity index (χ1) is 15.8. The topological polar surface area (TPSA) is 80.7 Å². The predicted octanol–water partition coefficient (Wildman–Crippen LogP) is 0.501. The van der Waals surface area contributed by atoms with Gasteiger partial charge in [-0.1, -0.05) is 17.9 Å². The summed E-state index contributed by atoms with van der Waals surface area (Å²) in [7, 11) is 0.381. The van der Waals surface area contributed by atoms with E-state index in [4.69, 9.17) is 4.74 Å². The van der Waals surface area contributed by atoms with Gasteiger partial charge in [-0.05, 0) is 18.2 Å². The third-order valence-electron chi connectivity index (χ3n) is 5.82. The van der Waals surface area contributed by atoms with E-state index in [0.29, 0.717) is 19.0 Å². The zero-order valence-corrected chi connectivity index (χ0v) is 20.3. The molecule has 0 bridgehead atoms. The first kappa shape index (κ1) is 23.4. The number of hydrogen-bond acceptors (Lipinski definition) is 9. The Balaban J connectivity index is 1.38. The highest BCUT2D eigenvalue weighted by atomic mass is 32.2. The Kier molecular flexibility index (Phi) is 7.12. The fourth-order valence-corrected chi connectivity index (χ4v) is 5.13. The maximum atomic E-state index is 12.1. The fourth-order valence-electron chi connectivity index (χ4n) is 4.15. The molecule has 1 fully saturated rings. The van der Waals surface area contributed by atoms with Crippen LogP contribution >= 0.6 is 0 Å². The number of rotatable bonds is 6. The number of sulfone groups is 1. The minimum absolute atomic E-state index is 0.458. The van der Waals surface area contributed by atoms with Crippen molar-refractivity contribution in [3.05, 3.63) is 41.7 Å². The summed E-state index contributed by atoms with van der Waals surface area (Å²) < 4.78 is 29.6. The van der Waals surface area contributed by atoms with Crippen LogP contribution in [0.2, 0.25) is 0 Å². The minimum Gasteiger partial charge on any atom is -0.384 e. The molecule has 3 heterocycles. The monoisotopic (exact) mass is 472 g/mol. The molecule has 0 aliphatic carbocycles. The molecule has 0 aromatic heterocycles. The van der Waals surface area contributed by atoms with Crippen LogP contribution in [0.25, 0.3) is 0 Å². The molecule has 1 atom stereocenters. The number of nitrogens with zero attached hydrogens (tertiary/aromatic N) is 5. The van der Waals surface area contributed by atoms with Crippen LogP contribution in [0.1, 0.15) is 5.56 Å². The molecule has 1 N–H and O–H groups in total. The van der Waals surface area contributed by atoms with Crippen LogP contribution in [0.15, 0.2) is 41.2 Å². The highest BCUT2D eigenvalue weighted by molar-refractivity contribution is 7.91. The van der Waals surface area contributed by atoms with Gasteiger partial charge in [-0.2, -0.15) is 0 Å². The quantitative estimate of drug-likeness (QED) is 0.600. The largest absolute Gasteiger partial charge is 0.384 e. The Hall–Kier alpha value is -2.74. The molecule has 1 aromatic carbocycles. The van der Waals surface area contributed by atoms with Gasteiger partial charge < -0.3 is 24.8 Å². The maximum Gasteiger partial charge on any atom is 0.226 e. The molecule has 9 nitrogen and oxygen atoms in total. The van der Waals surface area contributed by atoms with E-state index in [9.17, 15) is 8.42 Å². The molecule has 10 heteroatoms. The van der Waals surface area contributed by atoms with E-state index in [0.717, 1.165) is 56.3 Å². The molecular weight excluding hydrogens is 440 g/mol. The smallest absolute Gasteiger partial charge is 0.226 e. The molecule has 4 rings (SSSR count). The Labute approximate surface area is 196 Å². The van der Waals surface area contributed by atoms with Crippen LogP contribution in [-0.4, -0.2) is 112 Å². The molecule has 178 valence electrons. The summed E-state index contributed by atoms with van der Waals surface area (Å²) in [6, 6.07) is 8.10. The van der Waals surface area contributed by atoms with Crippen LogP contribution in [-0.2, 0) is 14.6 Å². The Morgan fingerprint density at radius 1 is 1.24 bits per heavy atom. The van der Waals surface area contributed by atoms with Gasteiger partial charge in [0.05, 0.1) is 32.1 Å².